The molecular weight excluding hydrogens is 302 g/mol. The largest absolute Gasteiger partial charge is 0.508 e. The zero-order valence-corrected chi connectivity index (χ0v) is 15.8. The highest BCUT2D eigenvalue weighted by Gasteiger charge is 2.27. The second-order valence-electron chi connectivity index (χ2n) is 5.88. The predicted octanol–water partition coefficient (Wildman–Crippen LogP) is 5.08. The van der Waals surface area contributed by atoms with Gasteiger partial charge in [-0.3, -0.25) is 0 Å². The molecule has 1 aliphatic rings. The molecule has 1 aromatic carbocycles. The Morgan fingerprint density at radius 3 is 2.83 bits per heavy atom. The van der Waals surface area contributed by atoms with Crippen molar-refractivity contribution in [3.63, 3.8) is 0 Å². The maximum absolute atomic E-state index is 9.87. The fourth-order valence-corrected chi connectivity index (χ4v) is 3.77. The molecule has 0 aliphatic carbocycles. The molecule has 0 radical (unpaired) electrons. The molecule has 0 amide bonds. The third-order valence-electron chi connectivity index (χ3n) is 4.49. The second kappa shape index (κ2) is 10.6. The summed E-state index contributed by atoms with van der Waals surface area (Å²) in [6, 6.07) is 5.88. The highest BCUT2D eigenvalue weighted by Crippen LogP contribution is 2.36. The lowest BCUT2D eigenvalue weighted by Gasteiger charge is -2.28. The molecule has 3 heteroatoms. The summed E-state index contributed by atoms with van der Waals surface area (Å²) in [5, 5.41) is 9.87. The summed E-state index contributed by atoms with van der Waals surface area (Å²) < 4.78 is 2.44. The molecular formula is C20H31NOS. The Balaban J connectivity index is 0.00000127. The molecule has 128 valence electrons. The van der Waals surface area contributed by atoms with Crippen LogP contribution in [-0.4, -0.2) is 28.8 Å². The van der Waals surface area contributed by atoms with E-state index >= 15 is 0 Å². The van der Waals surface area contributed by atoms with Crippen LogP contribution < -0.4 is 0 Å². The third kappa shape index (κ3) is 5.79. The SMILES string of the molecule is C#CCCCC(C)C1CN(SC)CCc2ccc(O)cc21.CC. The molecule has 1 heterocycles. The van der Waals surface area contributed by atoms with Gasteiger partial charge in [-0.25, -0.2) is 4.31 Å². The average molecular weight is 334 g/mol. The molecule has 0 saturated carbocycles. The lowest BCUT2D eigenvalue weighted by molar-refractivity contribution is 0.353. The molecule has 1 aromatic rings. The van der Waals surface area contributed by atoms with E-state index in [9.17, 15) is 5.11 Å². The van der Waals surface area contributed by atoms with Crippen molar-refractivity contribution in [2.45, 2.75) is 52.4 Å². The molecule has 2 atom stereocenters. The van der Waals surface area contributed by atoms with Crippen molar-refractivity contribution in [1.29, 1.82) is 0 Å². The quantitative estimate of drug-likeness (QED) is 0.462. The Morgan fingerprint density at radius 2 is 2.17 bits per heavy atom. The standard InChI is InChI=1S/C18H25NOS.C2H6/c1-4-5-6-7-14(2)18-13-19(21-3)11-10-15-8-9-16(20)12-17(15)18;1-2/h1,8-9,12,14,18,20H,5-7,10-11,13H2,2-3H3;1-2H3. The van der Waals surface area contributed by atoms with Crippen LogP contribution in [0.3, 0.4) is 0 Å². The number of hydrogen-bond acceptors (Lipinski definition) is 3. The molecule has 1 aliphatic heterocycles. The van der Waals surface area contributed by atoms with Crippen LogP contribution in [0, 0.1) is 18.3 Å². The average Bonchev–Trinajstić information content (AvgIpc) is 2.76. The van der Waals surface area contributed by atoms with Crippen molar-refractivity contribution in [3.8, 4) is 18.1 Å². The molecule has 0 saturated heterocycles. The molecule has 2 rings (SSSR count). The molecule has 0 aromatic heterocycles. The number of phenolic OH excluding ortho intramolecular Hbond substituents is 1. The van der Waals surface area contributed by atoms with E-state index in [0.717, 1.165) is 38.8 Å². The van der Waals surface area contributed by atoms with Crippen LogP contribution in [0.15, 0.2) is 18.2 Å². The fraction of sp³-hybridized carbons (Fsp3) is 0.600. The van der Waals surface area contributed by atoms with Crippen LogP contribution in [0.5, 0.6) is 5.75 Å². The number of unbranched alkanes of at least 4 members (excludes halogenated alkanes) is 1. The summed E-state index contributed by atoms with van der Waals surface area (Å²) >= 11 is 1.82. The van der Waals surface area contributed by atoms with E-state index in [4.69, 9.17) is 6.42 Å². The van der Waals surface area contributed by atoms with Crippen LogP contribution in [0.1, 0.15) is 57.1 Å². The number of rotatable bonds is 5. The predicted molar refractivity (Wildman–Crippen MR) is 103 cm³/mol. The summed E-state index contributed by atoms with van der Waals surface area (Å²) in [7, 11) is 0. The Kier molecular flexibility index (Phi) is 9.21. The minimum Gasteiger partial charge on any atom is -0.508 e. The van der Waals surface area contributed by atoms with E-state index in [1.165, 1.54) is 11.1 Å². The second-order valence-corrected chi connectivity index (χ2v) is 6.77. The Bertz CT molecular complexity index is 509. The minimum atomic E-state index is 0.382. The number of hydrogen-bond donors (Lipinski definition) is 1. The third-order valence-corrected chi connectivity index (χ3v) is 5.33. The van der Waals surface area contributed by atoms with Gasteiger partial charge in [-0.15, -0.1) is 12.3 Å². The number of nitrogens with zero attached hydrogens (tertiary/aromatic N) is 1. The fourth-order valence-electron chi connectivity index (χ4n) is 3.19. The van der Waals surface area contributed by atoms with Gasteiger partial charge in [0.2, 0.25) is 0 Å². The zero-order chi connectivity index (χ0) is 17.2. The maximum Gasteiger partial charge on any atom is 0.115 e. The smallest absolute Gasteiger partial charge is 0.115 e. The van der Waals surface area contributed by atoms with Crippen LogP contribution >= 0.6 is 11.9 Å². The van der Waals surface area contributed by atoms with Gasteiger partial charge in [0.15, 0.2) is 0 Å². The molecule has 2 nitrogen and oxygen atoms in total. The summed E-state index contributed by atoms with van der Waals surface area (Å²) in [6.07, 6.45) is 11.7. The molecule has 0 bridgehead atoms. The first-order chi connectivity index (χ1) is 11.2. The van der Waals surface area contributed by atoms with Crippen molar-refractivity contribution < 1.29 is 5.11 Å². The molecule has 2 unspecified atom stereocenters. The van der Waals surface area contributed by atoms with Gasteiger partial charge in [-0.1, -0.05) is 38.8 Å². The van der Waals surface area contributed by atoms with Crippen LogP contribution in [0.4, 0.5) is 0 Å². The normalized spacial score (nSPS) is 18.8. The summed E-state index contributed by atoms with van der Waals surface area (Å²) in [6.45, 7) is 8.44. The highest BCUT2D eigenvalue weighted by molar-refractivity contribution is 7.96. The van der Waals surface area contributed by atoms with Gasteiger partial charge in [0.05, 0.1) is 0 Å². The summed E-state index contributed by atoms with van der Waals surface area (Å²) in [5.41, 5.74) is 2.72. The molecule has 0 fully saturated rings. The first kappa shape index (κ1) is 19.9. The van der Waals surface area contributed by atoms with Crippen molar-refractivity contribution in [3.05, 3.63) is 29.3 Å². The summed E-state index contributed by atoms with van der Waals surface area (Å²) in [4.78, 5) is 0. The first-order valence-corrected chi connectivity index (χ1v) is 9.88. The minimum absolute atomic E-state index is 0.382. The molecule has 0 spiro atoms. The van der Waals surface area contributed by atoms with Crippen molar-refractivity contribution >= 4 is 11.9 Å². The van der Waals surface area contributed by atoms with E-state index in [1.54, 1.807) is 0 Å². The lowest BCUT2D eigenvalue weighted by atomic mass is 9.82. The Morgan fingerprint density at radius 1 is 1.43 bits per heavy atom. The number of aromatic hydroxyl groups is 1. The maximum atomic E-state index is 9.87. The van der Waals surface area contributed by atoms with Gasteiger partial charge in [0.1, 0.15) is 5.75 Å². The van der Waals surface area contributed by atoms with Gasteiger partial charge in [-0.2, -0.15) is 0 Å². The Labute approximate surface area is 146 Å². The summed E-state index contributed by atoms with van der Waals surface area (Å²) in [5.74, 6) is 4.16. The number of fused-ring (bicyclic) bond motifs is 1. The van der Waals surface area contributed by atoms with Gasteiger partial charge in [0, 0.05) is 25.4 Å². The van der Waals surface area contributed by atoms with Gasteiger partial charge in [-0.05, 0) is 54.7 Å². The van der Waals surface area contributed by atoms with Crippen LogP contribution in [0.2, 0.25) is 0 Å². The van der Waals surface area contributed by atoms with Crippen molar-refractivity contribution in [1.82, 2.24) is 4.31 Å². The van der Waals surface area contributed by atoms with E-state index in [2.05, 4.69) is 29.5 Å². The van der Waals surface area contributed by atoms with E-state index in [0.29, 0.717) is 17.6 Å². The topological polar surface area (TPSA) is 23.5 Å². The van der Waals surface area contributed by atoms with Crippen LogP contribution in [0.25, 0.3) is 0 Å². The van der Waals surface area contributed by atoms with E-state index < -0.39 is 0 Å². The highest BCUT2D eigenvalue weighted by atomic mass is 32.2. The Hall–Kier alpha value is -1.11. The number of phenols is 1. The zero-order valence-electron chi connectivity index (χ0n) is 15.0. The van der Waals surface area contributed by atoms with Gasteiger partial charge < -0.3 is 5.11 Å². The van der Waals surface area contributed by atoms with Crippen LogP contribution in [-0.2, 0) is 6.42 Å². The van der Waals surface area contributed by atoms with Gasteiger partial charge in [0.25, 0.3) is 0 Å². The van der Waals surface area contributed by atoms with E-state index in [1.807, 2.05) is 37.9 Å². The van der Waals surface area contributed by atoms with E-state index in [-0.39, 0.29) is 0 Å². The molecule has 1 N–H and O–H groups in total. The van der Waals surface area contributed by atoms with Crippen molar-refractivity contribution in [2.24, 2.45) is 5.92 Å². The molecule has 23 heavy (non-hydrogen) atoms. The van der Waals surface area contributed by atoms with Gasteiger partial charge >= 0.3 is 0 Å². The number of benzene rings is 1. The monoisotopic (exact) mass is 333 g/mol. The van der Waals surface area contributed by atoms with Crippen molar-refractivity contribution in [2.75, 3.05) is 19.3 Å². The number of terminal acetylenes is 1. The lowest BCUT2D eigenvalue weighted by Crippen LogP contribution is -2.24. The first-order valence-electron chi connectivity index (χ1n) is 8.70.